The lowest BCUT2D eigenvalue weighted by atomic mass is 9.73. The highest BCUT2D eigenvalue weighted by Gasteiger charge is 2.46. The maximum Gasteiger partial charge on any atom is 0.301 e. The van der Waals surface area contributed by atoms with Gasteiger partial charge in [-0.2, -0.15) is 5.10 Å². The third kappa shape index (κ3) is 3.51. The van der Waals surface area contributed by atoms with Crippen LogP contribution in [-0.2, 0) is 10.2 Å². The zero-order valence-corrected chi connectivity index (χ0v) is 15.4. The fraction of sp³-hybridized carbons (Fsp3) is 0.263. The molecule has 0 spiro atoms. The molecule has 0 amide bonds. The number of non-ortho nitro benzene ring substituents is 1. The minimum Gasteiger partial charge on any atom is -0.549 e. The quantitative estimate of drug-likeness (QED) is 0.580. The fourth-order valence-corrected chi connectivity index (χ4v) is 3.73. The fourth-order valence-electron chi connectivity index (χ4n) is 3.73. The van der Waals surface area contributed by atoms with Crippen LogP contribution in [-0.4, -0.2) is 21.5 Å². The second-order valence-electron chi connectivity index (χ2n) is 6.78. The van der Waals surface area contributed by atoms with Crippen molar-refractivity contribution >= 4 is 28.7 Å². The summed E-state index contributed by atoms with van der Waals surface area (Å²) in [7, 11) is 0. The number of hydrogen-bond donors (Lipinski definition) is 1. The molecular formula is C19H17N4O6-. The van der Waals surface area contributed by atoms with Crippen LogP contribution in [0, 0.1) is 26.1 Å². The summed E-state index contributed by atoms with van der Waals surface area (Å²) in [6.07, 6.45) is 0.640. The number of carboxylic acids is 1. The highest BCUT2D eigenvalue weighted by atomic mass is 16.6. The van der Waals surface area contributed by atoms with E-state index in [-0.39, 0.29) is 12.1 Å². The van der Waals surface area contributed by atoms with Gasteiger partial charge in [0.25, 0.3) is 5.69 Å². The average Bonchev–Trinajstić information content (AvgIpc) is 3.04. The van der Waals surface area contributed by atoms with Crippen LogP contribution in [0.2, 0.25) is 0 Å². The summed E-state index contributed by atoms with van der Waals surface area (Å²) >= 11 is 0. The molecule has 0 aliphatic heterocycles. The molecular weight excluding hydrogens is 380 g/mol. The number of hydrogen-bond acceptors (Lipinski definition) is 8. The number of carboxylic acid groups (broad SMARTS) is 1. The summed E-state index contributed by atoms with van der Waals surface area (Å²) in [5.74, 6) is -1.72. The predicted octanol–water partition coefficient (Wildman–Crippen LogP) is 2.39. The van der Waals surface area contributed by atoms with Crippen LogP contribution in [0.5, 0.6) is 0 Å². The normalized spacial score (nSPS) is 22.4. The highest BCUT2D eigenvalue weighted by molar-refractivity contribution is 5.98. The van der Waals surface area contributed by atoms with Gasteiger partial charge in [0.2, 0.25) is 0 Å². The van der Waals surface area contributed by atoms with Crippen molar-refractivity contribution in [3.63, 3.8) is 0 Å². The predicted molar refractivity (Wildman–Crippen MR) is 102 cm³/mol. The number of carbonyl (C=O) groups excluding carboxylic acids is 1. The topological polar surface area (TPSA) is 151 Å². The lowest BCUT2D eigenvalue weighted by molar-refractivity contribution is -0.393. The Labute approximate surface area is 165 Å². The van der Waals surface area contributed by atoms with Gasteiger partial charge in [-0.05, 0) is 24.5 Å². The number of rotatable bonds is 6. The van der Waals surface area contributed by atoms with E-state index in [1.807, 2.05) is 0 Å². The van der Waals surface area contributed by atoms with E-state index in [1.54, 1.807) is 37.3 Å². The molecule has 2 atom stereocenters. The van der Waals surface area contributed by atoms with E-state index in [0.717, 1.165) is 12.1 Å². The zero-order valence-electron chi connectivity index (χ0n) is 15.4. The molecule has 0 radical (unpaired) electrons. The molecule has 10 nitrogen and oxygen atoms in total. The van der Waals surface area contributed by atoms with Gasteiger partial charge < -0.3 is 9.90 Å². The molecule has 0 saturated heterocycles. The summed E-state index contributed by atoms with van der Waals surface area (Å²) in [5.41, 5.74) is 1.52. The SMILES string of the molecule is C[C@H]1/C(=N/Nc2ccc([N+](=O)[O-])cc2[N+](=O)[O-])CC[C@@]1(C(=O)[O-])c1ccccc1. The maximum atomic E-state index is 12.1. The van der Waals surface area contributed by atoms with Gasteiger partial charge in [0.05, 0.1) is 21.9 Å². The summed E-state index contributed by atoms with van der Waals surface area (Å²) in [6, 6.07) is 11.9. The summed E-state index contributed by atoms with van der Waals surface area (Å²) in [4.78, 5) is 32.7. The third-order valence-electron chi connectivity index (χ3n) is 5.38. The zero-order chi connectivity index (χ0) is 21.2. The van der Waals surface area contributed by atoms with E-state index in [9.17, 15) is 30.1 Å². The number of nitrogens with one attached hydrogen (secondary N) is 1. The molecule has 150 valence electrons. The van der Waals surface area contributed by atoms with Gasteiger partial charge >= 0.3 is 5.69 Å². The summed E-state index contributed by atoms with van der Waals surface area (Å²) in [5, 5.41) is 38.3. The van der Waals surface area contributed by atoms with Gasteiger partial charge in [0.15, 0.2) is 0 Å². The van der Waals surface area contributed by atoms with Crippen LogP contribution in [0.3, 0.4) is 0 Å². The molecule has 1 fully saturated rings. The highest BCUT2D eigenvalue weighted by Crippen LogP contribution is 2.44. The van der Waals surface area contributed by atoms with Crippen molar-refractivity contribution in [3.05, 3.63) is 74.3 Å². The molecule has 0 heterocycles. The second kappa shape index (κ2) is 7.66. The van der Waals surface area contributed by atoms with Crippen molar-refractivity contribution in [1.29, 1.82) is 0 Å². The minimum atomic E-state index is -1.25. The molecule has 1 N–H and O–H groups in total. The van der Waals surface area contributed by atoms with E-state index in [2.05, 4.69) is 10.5 Å². The van der Waals surface area contributed by atoms with E-state index < -0.39 is 38.5 Å². The van der Waals surface area contributed by atoms with Gasteiger partial charge in [-0.25, -0.2) is 0 Å². The lowest BCUT2D eigenvalue weighted by Crippen LogP contribution is -2.48. The monoisotopic (exact) mass is 397 g/mol. The van der Waals surface area contributed by atoms with Gasteiger partial charge in [-0.1, -0.05) is 37.3 Å². The van der Waals surface area contributed by atoms with Crippen LogP contribution < -0.4 is 10.5 Å². The number of nitro groups is 2. The minimum absolute atomic E-state index is 0.0223. The summed E-state index contributed by atoms with van der Waals surface area (Å²) < 4.78 is 0. The molecule has 3 rings (SSSR count). The van der Waals surface area contributed by atoms with E-state index >= 15 is 0 Å². The molecule has 1 saturated carbocycles. The van der Waals surface area contributed by atoms with Crippen LogP contribution in [0.25, 0.3) is 0 Å². The Morgan fingerprint density at radius 1 is 1.14 bits per heavy atom. The maximum absolute atomic E-state index is 12.1. The van der Waals surface area contributed by atoms with Crippen molar-refractivity contribution in [2.75, 3.05) is 5.43 Å². The first-order valence-electron chi connectivity index (χ1n) is 8.79. The Bertz CT molecular complexity index is 1010. The van der Waals surface area contributed by atoms with Crippen molar-refractivity contribution < 1.29 is 19.7 Å². The van der Waals surface area contributed by atoms with Gasteiger partial charge in [0.1, 0.15) is 5.69 Å². The molecule has 2 aromatic rings. The Balaban J connectivity index is 1.92. The Morgan fingerprint density at radius 3 is 2.41 bits per heavy atom. The number of benzene rings is 2. The first kappa shape index (κ1) is 19.9. The third-order valence-corrected chi connectivity index (χ3v) is 5.38. The van der Waals surface area contributed by atoms with Crippen LogP contribution >= 0.6 is 0 Å². The number of aliphatic carboxylic acids is 1. The summed E-state index contributed by atoms with van der Waals surface area (Å²) in [6.45, 7) is 1.72. The molecule has 2 aromatic carbocycles. The number of nitrogens with zero attached hydrogens (tertiary/aromatic N) is 3. The number of anilines is 1. The smallest absolute Gasteiger partial charge is 0.301 e. The number of carbonyl (C=O) groups is 1. The number of hydrazone groups is 1. The van der Waals surface area contributed by atoms with Crippen LogP contribution in [0.4, 0.5) is 17.1 Å². The van der Waals surface area contributed by atoms with E-state index in [1.165, 1.54) is 6.07 Å². The first-order valence-corrected chi connectivity index (χ1v) is 8.79. The van der Waals surface area contributed by atoms with E-state index in [0.29, 0.717) is 17.7 Å². The lowest BCUT2D eigenvalue weighted by Gasteiger charge is -2.35. The molecule has 0 unspecified atom stereocenters. The van der Waals surface area contributed by atoms with Crippen LogP contribution in [0.1, 0.15) is 25.3 Å². The Morgan fingerprint density at radius 2 is 1.83 bits per heavy atom. The second-order valence-corrected chi connectivity index (χ2v) is 6.78. The van der Waals surface area contributed by atoms with Crippen molar-refractivity contribution in [2.45, 2.75) is 25.2 Å². The van der Waals surface area contributed by atoms with Crippen LogP contribution in [0.15, 0.2) is 53.6 Å². The Hall–Kier alpha value is -3.82. The Kier molecular flexibility index (Phi) is 5.26. The molecule has 0 aromatic heterocycles. The standard InChI is InChI=1S/C19H18N4O6/c1-12-15(9-10-19(12,18(24)25)13-5-3-2-4-6-13)20-21-16-8-7-14(22(26)27)11-17(16)23(28)29/h2-8,11-12,21H,9-10H2,1H3,(H,24,25)/p-1/b20-15+/t12-,19-/m0/s1. The van der Waals surface area contributed by atoms with Gasteiger partial charge in [-0.3, -0.25) is 25.7 Å². The molecule has 1 aliphatic rings. The largest absolute Gasteiger partial charge is 0.549 e. The van der Waals surface area contributed by atoms with Crippen molar-refractivity contribution in [1.82, 2.24) is 0 Å². The van der Waals surface area contributed by atoms with E-state index in [4.69, 9.17) is 0 Å². The molecule has 10 heteroatoms. The average molecular weight is 397 g/mol. The first-order chi connectivity index (χ1) is 13.8. The molecule has 29 heavy (non-hydrogen) atoms. The molecule has 0 bridgehead atoms. The molecule has 1 aliphatic carbocycles. The van der Waals surface area contributed by atoms with Crippen molar-refractivity contribution in [2.24, 2.45) is 11.0 Å². The van der Waals surface area contributed by atoms with Gasteiger partial charge in [-0.15, -0.1) is 0 Å². The van der Waals surface area contributed by atoms with Gasteiger partial charge in [0, 0.05) is 23.1 Å². The number of nitro benzene ring substituents is 2. The van der Waals surface area contributed by atoms with Crippen molar-refractivity contribution in [3.8, 4) is 0 Å².